The van der Waals surface area contributed by atoms with Gasteiger partial charge in [-0.05, 0) is 6.42 Å². The van der Waals surface area contributed by atoms with E-state index in [1.807, 2.05) is 0 Å². The molecule has 0 bridgehead atoms. The highest BCUT2D eigenvalue weighted by molar-refractivity contribution is 5.78. The van der Waals surface area contributed by atoms with Crippen LogP contribution in [0.4, 0.5) is 4.79 Å². The van der Waals surface area contributed by atoms with Crippen molar-refractivity contribution >= 4 is 12.0 Å². The van der Waals surface area contributed by atoms with E-state index in [1.54, 1.807) is 4.90 Å². The van der Waals surface area contributed by atoms with Gasteiger partial charge in [-0.15, -0.1) is 0 Å². The number of nitrogens with zero attached hydrogens (tertiary/aromatic N) is 1. The number of likely N-dealkylation sites (tertiary alicyclic amines) is 1. The zero-order valence-electron chi connectivity index (χ0n) is 8.99. The number of carbonyl (C=O) groups is 2. The summed E-state index contributed by atoms with van der Waals surface area (Å²) in [5.41, 5.74) is 0. The molecule has 0 aromatic heterocycles. The van der Waals surface area contributed by atoms with Gasteiger partial charge in [0.25, 0.3) is 0 Å². The maximum atomic E-state index is 11.4. The number of rotatable bonds is 3. The number of hydrogen-bond donors (Lipinski definition) is 1. The summed E-state index contributed by atoms with van der Waals surface area (Å²) in [7, 11) is 2.80. The summed E-state index contributed by atoms with van der Waals surface area (Å²) in [5, 5.41) is 2.66. The Morgan fingerprint density at radius 2 is 2.20 bits per heavy atom. The monoisotopic (exact) mass is 216 g/mol. The Balaban J connectivity index is 2.32. The summed E-state index contributed by atoms with van der Waals surface area (Å²) < 4.78 is 9.23. The molecule has 0 aromatic rings. The number of hydrogen-bond acceptors (Lipinski definition) is 4. The minimum Gasteiger partial charge on any atom is -0.453 e. The summed E-state index contributed by atoms with van der Waals surface area (Å²) in [6, 6.07) is -0.0155. The molecule has 1 N–H and O–H groups in total. The predicted octanol–water partition coefficient (Wildman–Crippen LogP) is -0.410. The number of alkyl carbamates (subject to hydrolysis) is 1. The second kappa shape index (κ2) is 5.55. The Bertz CT molecular complexity index is 244. The molecule has 2 amide bonds. The average molecular weight is 216 g/mol. The van der Waals surface area contributed by atoms with Gasteiger partial charge in [-0.2, -0.15) is 0 Å². The maximum absolute atomic E-state index is 11.4. The fourth-order valence-electron chi connectivity index (χ4n) is 1.54. The van der Waals surface area contributed by atoms with Crippen molar-refractivity contribution in [1.82, 2.24) is 10.2 Å². The van der Waals surface area contributed by atoms with Gasteiger partial charge in [-0.25, -0.2) is 4.79 Å². The van der Waals surface area contributed by atoms with Crippen LogP contribution >= 0.6 is 0 Å². The van der Waals surface area contributed by atoms with E-state index in [0.717, 1.165) is 6.42 Å². The third-order valence-electron chi connectivity index (χ3n) is 2.32. The second-order valence-corrected chi connectivity index (χ2v) is 3.39. The van der Waals surface area contributed by atoms with Crippen LogP contribution in [0.2, 0.25) is 0 Å². The lowest BCUT2D eigenvalue weighted by Gasteiger charge is -2.16. The van der Waals surface area contributed by atoms with E-state index in [9.17, 15) is 9.59 Å². The smallest absolute Gasteiger partial charge is 0.407 e. The van der Waals surface area contributed by atoms with Crippen LogP contribution in [0.3, 0.4) is 0 Å². The summed E-state index contributed by atoms with van der Waals surface area (Å²) in [4.78, 5) is 24.0. The Morgan fingerprint density at radius 1 is 1.47 bits per heavy atom. The fraction of sp³-hybridized carbons (Fsp3) is 0.778. The molecule has 86 valence electrons. The van der Waals surface area contributed by atoms with Gasteiger partial charge in [0.05, 0.1) is 13.2 Å². The summed E-state index contributed by atoms with van der Waals surface area (Å²) in [6.07, 6.45) is 0.297. The van der Waals surface area contributed by atoms with Crippen molar-refractivity contribution in [2.45, 2.75) is 12.5 Å². The molecular formula is C9H16N2O4. The largest absolute Gasteiger partial charge is 0.453 e. The van der Waals surface area contributed by atoms with E-state index < -0.39 is 6.09 Å². The lowest BCUT2D eigenvalue weighted by atomic mass is 10.3. The number of ether oxygens (including phenoxy) is 2. The van der Waals surface area contributed by atoms with Gasteiger partial charge < -0.3 is 19.7 Å². The van der Waals surface area contributed by atoms with Crippen LogP contribution < -0.4 is 5.32 Å². The number of nitrogens with one attached hydrogen (secondary N) is 1. The third-order valence-corrected chi connectivity index (χ3v) is 2.32. The Morgan fingerprint density at radius 3 is 2.80 bits per heavy atom. The molecule has 0 radical (unpaired) electrons. The first-order chi connectivity index (χ1) is 7.17. The molecule has 0 aromatic carbocycles. The van der Waals surface area contributed by atoms with Crippen LogP contribution in [0, 0.1) is 0 Å². The Kier molecular flexibility index (Phi) is 4.36. The first kappa shape index (κ1) is 11.8. The molecule has 1 aliphatic heterocycles. The van der Waals surface area contributed by atoms with E-state index in [0.29, 0.717) is 13.1 Å². The van der Waals surface area contributed by atoms with Gasteiger partial charge in [0.2, 0.25) is 5.91 Å². The first-order valence-electron chi connectivity index (χ1n) is 4.78. The van der Waals surface area contributed by atoms with E-state index in [2.05, 4.69) is 10.1 Å². The van der Waals surface area contributed by atoms with Gasteiger partial charge in [0, 0.05) is 20.2 Å². The lowest BCUT2D eigenvalue weighted by Crippen LogP contribution is -2.39. The SMILES string of the molecule is COCC(=O)N1CCC(NC(=O)OC)C1. The quantitative estimate of drug-likeness (QED) is 0.696. The van der Waals surface area contributed by atoms with E-state index in [1.165, 1.54) is 14.2 Å². The molecule has 1 unspecified atom stereocenters. The highest BCUT2D eigenvalue weighted by atomic mass is 16.5. The Labute approximate surface area is 88.5 Å². The molecule has 1 heterocycles. The minimum absolute atomic E-state index is 0.0155. The third kappa shape index (κ3) is 3.39. The number of amides is 2. The van der Waals surface area contributed by atoms with Crippen LogP contribution in [0.1, 0.15) is 6.42 Å². The van der Waals surface area contributed by atoms with E-state index in [4.69, 9.17) is 4.74 Å². The van der Waals surface area contributed by atoms with Gasteiger partial charge in [0.1, 0.15) is 6.61 Å². The lowest BCUT2D eigenvalue weighted by molar-refractivity contribution is -0.134. The molecule has 1 fully saturated rings. The standard InChI is InChI=1S/C9H16N2O4/c1-14-6-8(12)11-4-3-7(5-11)10-9(13)15-2/h7H,3-6H2,1-2H3,(H,10,13). The molecule has 15 heavy (non-hydrogen) atoms. The van der Waals surface area contributed by atoms with Crippen LogP contribution in [0.25, 0.3) is 0 Å². The van der Waals surface area contributed by atoms with Crippen molar-refractivity contribution in [2.24, 2.45) is 0 Å². The van der Waals surface area contributed by atoms with Gasteiger partial charge in [-0.1, -0.05) is 0 Å². The first-order valence-corrected chi connectivity index (χ1v) is 4.78. The van der Waals surface area contributed by atoms with Gasteiger partial charge in [0.15, 0.2) is 0 Å². The molecule has 1 aliphatic rings. The molecule has 1 saturated heterocycles. The highest BCUT2D eigenvalue weighted by Gasteiger charge is 2.27. The predicted molar refractivity (Wildman–Crippen MR) is 52.4 cm³/mol. The molecule has 0 saturated carbocycles. The van der Waals surface area contributed by atoms with Crippen LogP contribution in [0.15, 0.2) is 0 Å². The van der Waals surface area contributed by atoms with Gasteiger partial charge in [-0.3, -0.25) is 4.79 Å². The van der Waals surface area contributed by atoms with Crippen molar-refractivity contribution < 1.29 is 19.1 Å². The fourth-order valence-corrected chi connectivity index (χ4v) is 1.54. The van der Waals surface area contributed by atoms with Crippen LogP contribution in [-0.4, -0.2) is 56.9 Å². The normalized spacial score (nSPS) is 20.1. The van der Waals surface area contributed by atoms with Crippen molar-refractivity contribution in [2.75, 3.05) is 33.9 Å². The molecule has 0 spiro atoms. The number of carbonyl (C=O) groups excluding carboxylic acids is 2. The summed E-state index contributed by atoms with van der Waals surface area (Å²) >= 11 is 0. The molecule has 1 atom stereocenters. The summed E-state index contributed by atoms with van der Waals surface area (Å²) in [6.45, 7) is 1.26. The average Bonchev–Trinajstić information content (AvgIpc) is 2.66. The second-order valence-electron chi connectivity index (χ2n) is 3.39. The van der Waals surface area contributed by atoms with Crippen molar-refractivity contribution in [3.05, 3.63) is 0 Å². The van der Waals surface area contributed by atoms with E-state index >= 15 is 0 Å². The summed E-state index contributed by atoms with van der Waals surface area (Å²) in [5.74, 6) is -0.0494. The molecular weight excluding hydrogens is 200 g/mol. The van der Waals surface area contributed by atoms with Crippen molar-refractivity contribution in [3.8, 4) is 0 Å². The zero-order valence-corrected chi connectivity index (χ0v) is 8.99. The molecule has 6 heteroatoms. The topological polar surface area (TPSA) is 67.9 Å². The highest BCUT2D eigenvalue weighted by Crippen LogP contribution is 2.09. The molecule has 0 aliphatic carbocycles. The molecule has 6 nitrogen and oxygen atoms in total. The zero-order chi connectivity index (χ0) is 11.3. The maximum Gasteiger partial charge on any atom is 0.407 e. The molecule has 1 rings (SSSR count). The van der Waals surface area contributed by atoms with Gasteiger partial charge >= 0.3 is 6.09 Å². The van der Waals surface area contributed by atoms with E-state index in [-0.39, 0.29) is 18.6 Å². The van der Waals surface area contributed by atoms with Crippen molar-refractivity contribution in [1.29, 1.82) is 0 Å². The number of methoxy groups -OCH3 is 2. The van der Waals surface area contributed by atoms with Crippen LogP contribution in [0.5, 0.6) is 0 Å². The van der Waals surface area contributed by atoms with Crippen LogP contribution in [-0.2, 0) is 14.3 Å². The van der Waals surface area contributed by atoms with Crippen molar-refractivity contribution in [3.63, 3.8) is 0 Å². The minimum atomic E-state index is -0.457. The Hall–Kier alpha value is -1.30.